The summed E-state index contributed by atoms with van der Waals surface area (Å²) < 4.78 is 13.7. The number of hydrogen-bond donors (Lipinski definition) is 0. The predicted octanol–water partition coefficient (Wildman–Crippen LogP) is 12.2. The third-order valence-electron chi connectivity index (χ3n) is 11.5. The first kappa shape index (κ1) is 34.7. The summed E-state index contributed by atoms with van der Waals surface area (Å²) in [7, 11) is 0. The zero-order valence-electron chi connectivity index (χ0n) is 31.9. The fourth-order valence-corrected chi connectivity index (χ4v) is 8.85. The Kier molecular flexibility index (Phi) is 9.37. The molecule has 0 saturated heterocycles. The first-order chi connectivity index (χ1) is 28.3. The quantitative estimate of drug-likeness (QED) is 0.115. The van der Waals surface area contributed by atoms with Crippen molar-refractivity contribution in [2.45, 2.75) is 32.1 Å². The highest BCUT2D eigenvalue weighted by atomic mass is 16.5. The molecule has 2 aliphatic rings. The van der Waals surface area contributed by atoms with Crippen LogP contribution < -0.4 is 30.8 Å². The van der Waals surface area contributed by atoms with Crippen molar-refractivity contribution < 1.29 is 9.47 Å². The van der Waals surface area contributed by atoms with Gasteiger partial charge in [0.2, 0.25) is 0 Å². The number of benzene rings is 8. The van der Waals surface area contributed by atoms with E-state index in [0.717, 1.165) is 64.0 Å². The minimum Gasteiger partial charge on any atom is -0.458 e. The topological polar surface area (TPSA) is 21.7 Å². The summed E-state index contributed by atoms with van der Waals surface area (Å²) >= 11 is 0. The van der Waals surface area contributed by atoms with E-state index in [1.807, 2.05) is 36.4 Å². The van der Waals surface area contributed by atoms with Crippen LogP contribution in [-0.2, 0) is 12.8 Å². The van der Waals surface area contributed by atoms with Gasteiger partial charge in [0.15, 0.2) is 0 Å². The van der Waals surface area contributed by atoms with Crippen molar-refractivity contribution in [2.24, 2.45) is 0 Å². The Hall–Kier alpha value is -6.78. The molecule has 0 saturated carbocycles. The summed E-state index contributed by atoms with van der Waals surface area (Å²) in [4.78, 5) is 2.40. The van der Waals surface area contributed by atoms with Gasteiger partial charge in [0.05, 0.1) is 5.69 Å². The molecule has 0 amide bonds. The average Bonchev–Trinajstić information content (AvgIpc) is 3.53. The number of hydrogen-bond acceptors (Lipinski definition) is 3. The van der Waals surface area contributed by atoms with Crippen LogP contribution in [0.3, 0.4) is 0 Å². The molecule has 1 heterocycles. The highest BCUT2D eigenvalue weighted by molar-refractivity contribution is 6.97. The van der Waals surface area contributed by atoms with Crippen LogP contribution in [0.25, 0.3) is 22.3 Å². The normalized spacial score (nSPS) is 13.0. The number of para-hydroxylation sites is 2. The van der Waals surface area contributed by atoms with Crippen LogP contribution in [0.15, 0.2) is 194 Å². The first-order valence-corrected chi connectivity index (χ1v) is 20.2. The van der Waals surface area contributed by atoms with Crippen LogP contribution in [0, 0.1) is 0 Å². The Morgan fingerprint density at radius 2 is 1.16 bits per heavy atom. The third kappa shape index (κ3) is 6.78. The Labute approximate surface area is 335 Å². The Morgan fingerprint density at radius 1 is 0.491 bits per heavy atom. The van der Waals surface area contributed by atoms with E-state index in [-0.39, 0.29) is 6.71 Å². The molecule has 0 spiro atoms. The number of anilines is 3. The summed E-state index contributed by atoms with van der Waals surface area (Å²) in [6.07, 6.45) is 5.75. The number of aryl methyl sites for hydroxylation is 1. The average molecular weight is 736 g/mol. The van der Waals surface area contributed by atoms with Gasteiger partial charge in [0.1, 0.15) is 23.0 Å². The van der Waals surface area contributed by atoms with Crippen LogP contribution in [-0.4, -0.2) is 6.71 Å². The summed E-state index contributed by atoms with van der Waals surface area (Å²) in [5, 5.41) is 0. The largest absolute Gasteiger partial charge is 0.458 e. The molecule has 8 aromatic carbocycles. The molecule has 0 unspecified atom stereocenters. The van der Waals surface area contributed by atoms with Gasteiger partial charge in [-0.1, -0.05) is 151 Å². The molecule has 3 nitrogen and oxygen atoms in total. The van der Waals surface area contributed by atoms with Gasteiger partial charge >= 0.3 is 0 Å². The number of ether oxygens (including phenoxy) is 2. The van der Waals surface area contributed by atoms with Gasteiger partial charge in [-0.25, -0.2) is 0 Å². The molecule has 0 aromatic heterocycles. The van der Waals surface area contributed by atoms with Crippen molar-refractivity contribution in [1.29, 1.82) is 0 Å². The lowest BCUT2D eigenvalue weighted by atomic mass is 9.35. The van der Waals surface area contributed by atoms with Crippen LogP contribution in [0.1, 0.15) is 30.4 Å². The van der Waals surface area contributed by atoms with E-state index in [0.29, 0.717) is 0 Å². The second-order valence-electron chi connectivity index (χ2n) is 15.0. The zero-order chi connectivity index (χ0) is 38.0. The predicted molar refractivity (Wildman–Crippen MR) is 237 cm³/mol. The van der Waals surface area contributed by atoms with Crippen molar-refractivity contribution in [3.63, 3.8) is 0 Å². The summed E-state index contributed by atoms with van der Waals surface area (Å²) in [5.41, 5.74) is 14.3. The standard InChI is InChI=1S/C53H42BNO2/c1-5-18-38(19-6-1)40-22-15-25-42(36-40)55(43-26-17-29-45(37-43)56-44-27-10-4-11-28-44)50-35-34-49-53(52(50)47-31-16-21-39-20-7-2-12-30-46(39)47)57-51-33-14-13-32-48(51)54(49)41-23-8-3-9-24-41/h1,3-6,8-11,13-19,21-29,31-37H,2,7,12,20,30H2. The van der Waals surface area contributed by atoms with E-state index in [1.54, 1.807) is 0 Å². The maximum absolute atomic E-state index is 7.24. The lowest BCUT2D eigenvalue weighted by molar-refractivity contribution is 0.483. The highest BCUT2D eigenvalue weighted by Gasteiger charge is 2.36. The van der Waals surface area contributed by atoms with Crippen LogP contribution in [0.2, 0.25) is 0 Å². The van der Waals surface area contributed by atoms with Gasteiger partial charge < -0.3 is 14.4 Å². The van der Waals surface area contributed by atoms with Crippen molar-refractivity contribution in [1.82, 2.24) is 0 Å². The van der Waals surface area contributed by atoms with Crippen molar-refractivity contribution in [3.8, 4) is 45.3 Å². The lowest BCUT2D eigenvalue weighted by Gasteiger charge is -2.34. The summed E-state index contributed by atoms with van der Waals surface area (Å²) in [6, 6.07) is 69.0. The molecule has 0 atom stereocenters. The molecule has 0 fully saturated rings. The summed E-state index contributed by atoms with van der Waals surface area (Å²) in [5.74, 6) is 3.38. The van der Waals surface area contributed by atoms with Gasteiger partial charge in [0.25, 0.3) is 6.71 Å². The second kappa shape index (κ2) is 15.4. The Bertz CT molecular complexity index is 2680. The fourth-order valence-electron chi connectivity index (χ4n) is 8.85. The SMILES string of the molecule is c1ccc(Oc2cccc(N(c3cccc(-c4ccccc4)c3)c3ccc4c(c3-c3cccc5c3CCCCC5)Oc3ccccc3B4c3ccccc3)c2)cc1. The Morgan fingerprint density at radius 3 is 2.00 bits per heavy atom. The molecule has 274 valence electrons. The van der Waals surface area contributed by atoms with Crippen LogP contribution in [0.5, 0.6) is 23.0 Å². The number of fused-ring (bicyclic) bond motifs is 3. The first-order valence-electron chi connectivity index (χ1n) is 20.2. The Balaban J connectivity index is 1.25. The van der Waals surface area contributed by atoms with E-state index in [9.17, 15) is 0 Å². The van der Waals surface area contributed by atoms with E-state index in [2.05, 4.69) is 163 Å². The molecular weight excluding hydrogens is 693 g/mol. The third-order valence-corrected chi connectivity index (χ3v) is 11.5. The molecule has 1 aliphatic heterocycles. The maximum Gasteiger partial charge on any atom is 0.250 e. The molecule has 57 heavy (non-hydrogen) atoms. The van der Waals surface area contributed by atoms with Gasteiger partial charge in [-0.3, -0.25) is 0 Å². The number of nitrogens with zero attached hydrogens (tertiary/aromatic N) is 1. The van der Waals surface area contributed by atoms with Gasteiger partial charge in [-0.05, 0) is 113 Å². The smallest absolute Gasteiger partial charge is 0.250 e. The number of rotatable bonds is 8. The van der Waals surface area contributed by atoms with E-state index in [4.69, 9.17) is 9.47 Å². The fraction of sp³-hybridized carbons (Fsp3) is 0.0943. The van der Waals surface area contributed by atoms with E-state index < -0.39 is 0 Å². The molecule has 0 N–H and O–H groups in total. The second-order valence-corrected chi connectivity index (χ2v) is 15.0. The van der Waals surface area contributed by atoms with Crippen molar-refractivity contribution in [3.05, 3.63) is 205 Å². The monoisotopic (exact) mass is 735 g/mol. The van der Waals surface area contributed by atoms with Gasteiger partial charge in [0, 0.05) is 23.0 Å². The minimum atomic E-state index is 0.0127. The molecule has 10 rings (SSSR count). The minimum absolute atomic E-state index is 0.0127. The van der Waals surface area contributed by atoms with Crippen LogP contribution >= 0.6 is 0 Å². The van der Waals surface area contributed by atoms with Gasteiger partial charge in [-0.15, -0.1) is 0 Å². The molecule has 0 radical (unpaired) electrons. The molecule has 0 bridgehead atoms. The van der Waals surface area contributed by atoms with E-state index >= 15 is 0 Å². The molecule has 4 heteroatoms. The van der Waals surface area contributed by atoms with Crippen molar-refractivity contribution >= 4 is 40.2 Å². The molecule has 8 aromatic rings. The zero-order valence-corrected chi connectivity index (χ0v) is 31.9. The van der Waals surface area contributed by atoms with Crippen LogP contribution in [0.4, 0.5) is 17.1 Å². The van der Waals surface area contributed by atoms with Gasteiger partial charge in [-0.2, -0.15) is 0 Å². The maximum atomic E-state index is 7.24. The van der Waals surface area contributed by atoms with E-state index in [1.165, 1.54) is 57.9 Å². The molecule has 1 aliphatic carbocycles. The summed E-state index contributed by atoms with van der Waals surface area (Å²) in [6.45, 7) is 0.0127. The highest BCUT2D eigenvalue weighted by Crippen LogP contribution is 2.49. The molecular formula is C53H42BNO2. The lowest BCUT2D eigenvalue weighted by Crippen LogP contribution is -2.55. The van der Waals surface area contributed by atoms with Crippen molar-refractivity contribution in [2.75, 3.05) is 4.90 Å².